The maximum Gasteiger partial charge on any atom is 0.120 e. The third-order valence-corrected chi connectivity index (χ3v) is 5.06. The first kappa shape index (κ1) is 15.5. The van der Waals surface area contributed by atoms with E-state index in [0.29, 0.717) is 0 Å². The molecule has 0 amide bonds. The van der Waals surface area contributed by atoms with E-state index >= 15 is 0 Å². The van der Waals surface area contributed by atoms with E-state index in [1.54, 1.807) is 12.1 Å². The second kappa shape index (κ2) is 5.52. The molecule has 0 saturated heterocycles. The Morgan fingerprint density at radius 1 is 0.560 bits per heavy atom. The van der Waals surface area contributed by atoms with Crippen LogP contribution in [0.3, 0.4) is 0 Å². The third kappa shape index (κ3) is 2.33. The summed E-state index contributed by atoms with van der Waals surface area (Å²) >= 11 is 0. The molecule has 0 bridgehead atoms. The van der Waals surface area contributed by atoms with Gasteiger partial charge in [0.25, 0.3) is 0 Å². The molecule has 0 atom stereocenters. The van der Waals surface area contributed by atoms with Gasteiger partial charge in [-0.25, -0.2) is 0 Å². The van der Waals surface area contributed by atoms with E-state index in [2.05, 4.69) is 13.8 Å². The number of phenolic OH excluding ortho intramolecular Hbond substituents is 2. The average molecular weight is 328 g/mol. The van der Waals surface area contributed by atoms with Crippen LogP contribution in [0.4, 0.5) is 0 Å². The molecule has 4 rings (SSSR count). The van der Waals surface area contributed by atoms with Crippen LogP contribution in [-0.4, -0.2) is 10.2 Å². The third-order valence-electron chi connectivity index (χ3n) is 5.06. The Kier molecular flexibility index (Phi) is 3.43. The minimum atomic E-state index is -0.574. The Morgan fingerprint density at radius 2 is 0.960 bits per heavy atom. The molecule has 4 aromatic carbocycles. The van der Waals surface area contributed by atoms with Gasteiger partial charge in [0.2, 0.25) is 0 Å². The smallest absolute Gasteiger partial charge is 0.120 e. The highest BCUT2D eigenvalue weighted by atomic mass is 16.3. The second-order valence-electron chi connectivity index (χ2n) is 6.99. The quantitative estimate of drug-likeness (QED) is 0.493. The molecule has 124 valence electrons. The predicted molar refractivity (Wildman–Crippen MR) is 103 cm³/mol. The number of rotatable bonds is 2. The van der Waals surface area contributed by atoms with Crippen LogP contribution in [0.5, 0.6) is 11.5 Å². The van der Waals surface area contributed by atoms with Gasteiger partial charge < -0.3 is 10.2 Å². The lowest BCUT2D eigenvalue weighted by Gasteiger charge is -2.30. The van der Waals surface area contributed by atoms with Crippen molar-refractivity contribution in [3.05, 3.63) is 83.9 Å². The van der Waals surface area contributed by atoms with Crippen LogP contribution in [0, 0.1) is 0 Å². The summed E-state index contributed by atoms with van der Waals surface area (Å²) in [5.74, 6) is 0.493. The lowest BCUT2D eigenvalue weighted by molar-refractivity contribution is 0.439. The maximum absolute atomic E-state index is 10.7. The highest BCUT2D eigenvalue weighted by Gasteiger charge is 2.32. The van der Waals surface area contributed by atoms with Crippen LogP contribution in [-0.2, 0) is 5.41 Å². The van der Waals surface area contributed by atoms with Gasteiger partial charge in [-0.15, -0.1) is 0 Å². The van der Waals surface area contributed by atoms with E-state index < -0.39 is 5.41 Å². The molecule has 2 heteroatoms. The van der Waals surface area contributed by atoms with Gasteiger partial charge in [-0.05, 0) is 33.7 Å². The first-order valence-corrected chi connectivity index (χ1v) is 8.42. The number of hydrogen-bond acceptors (Lipinski definition) is 2. The monoisotopic (exact) mass is 328 g/mol. The molecule has 0 heterocycles. The molecule has 0 aliphatic carbocycles. The molecule has 0 aromatic heterocycles. The summed E-state index contributed by atoms with van der Waals surface area (Å²) in [5.41, 5.74) is 1.09. The van der Waals surface area contributed by atoms with Gasteiger partial charge in [0.15, 0.2) is 0 Å². The van der Waals surface area contributed by atoms with E-state index in [0.717, 1.165) is 32.7 Å². The van der Waals surface area contributed by atoms with Crippen molar-refractivity contribution in [2.75, 3.05) is 0 Å². The Morgan fingerprint density at radius 3 is 1.40 bits per heavy atom. The van der Waals surface area contributed by atoms with Crippen LogP contribution < -0.4 is 0 Å². The number of phenols is 2. The molecule has 0 aliphatic rings. The first-order valence-electron chi connectivity index (χ1n) is 8.42. The van der Waals surface area contributed by atoms with Gasteiger partial charge in [-0.1, -0.05) is 74.5 Å². The Hall–Kier alpha value is -3.00. The zero-order chi connectivity index (χ0) is 17.6. The molecule has 2 nitrogen and oxygen atoms in total. The zero-order valence-corrected chi connectivity index (χ0v) is 14.3. The largest absolute Gasteiger partial charge is 0.508 e. The van der Waals surface area contributed by atoms with Gasteiger partial charge in [-0.2, -0.15) is 0 Å². The van der Waals surface area contributed by atoms with Gasteiger partial charge in [0.05, 0.1) is 0 Å². The highest BCUT2D eigenvalue weighted by molar-refractivity contribution is 5.93. The van der Waals surface area contributed by atoms with Gasteiger partial charge >= 0.3 is 0 Å². The Labute approximate surface area is 147 Å². The summed E-state index contributed by atoms with van der Waals surface area (Å²) in [6, 6.07) is 23.4. The molecule has 0 fully saturated rings. The zero-order valence-electron chi connectivity index (χ0n) is 14.3. The van der Waals surface area contributed by atoms with Crippen molar-refractivity contribution in [1.82, 2.24) is 0 Å². The fraction of sp³-hybridized carbons (Fsp3) is 0.130. The van der Waals surface area contributed by atoms with Crippen LogP contribution in [0.15, 0.2) is 72.8 Å². The molecular formula is C23H20O2. The standard InChI is InChI=1S/C23H20O2/c1-23(2,21-17-9-5-3-7-15(17)11-13-19(21)24)22-18-10-6-4-8-16(18)12-14-20(22)25/h3-14,24-25H,1-2H3. The Bertz CT molecular complexity index is 1010. The normalized spacial score (nSPS) is 11.9. The van der Waals surface area contributed by atoms with Crippen molar-refractivity contribution >= 4 is 21.5 Å². The van der Waals surface area contributed by atoms with E-state index in [1.807, 2.05) is 60.7 Å². The van der Waals surface area contributed by atoms with Crippen LogP contribution in [0.2, 0.25) is 0 Å². The number of hydrogen-bond donors (Lipinski definition) is 2. The molecule has 0 aliphatic heterocycles. The maximum atomic E-state index is 10.7. The summed E-state index contributed by atoms with van der Waals surface area (Å²) in [4.78, 5) is 0. The highest BCUT2D eigenvalue weighted by Crippen LogP contribution is 2.46. The molecule has 4 aromatic rings. The lowest BCUT2D eigenvalue weighted by Crippen LogP contribution is -2.20. The summed E-state index contributed by atoms with van der Waals surface area (Å²) in [6.45, 7) is 4.10. The summed E-state index contributed by atoms with van der Waals surface area (Å²) in [7, 11) is 0. The van der Waals surface area contributed by atoms with E-state index in [-0.39, 0.29) is 11.5 Å². The summed E-state index contributed by atoms with van der Waals surface area (Å²) in [5, 5.41) is 25.5. The first-order chi connectivity index (χ1) is 12.0. The van der Waals surface area contributed by atoms with E-state index in [1.165, 1.54) is 0 Å². The number of aromatic hydroxyl groups is 2. The molecular weight excluding hydrogens is 308 g/mol. The van der Waals surface area contributed by atoms with Crippen molar-refractivity contribution in [1.29, 1.82) is 0 Å². The summed E-state index contributed by atoms with van der Waals surface area (Å²) < 4.78 is 0. The minimum Gasteiger partial charge on any atom is -0.508 e. The van der Waals surface area contributed by atoms with Crippen molar-refractivity contribution in [2.45, 2.75) is 19.3 Å². The Balaban J connectivity index is 2.11. The van der Waals surface area contributed by atoms with Crippen molar-refractivity contribution in [3.63, 3.8) is 0 Å². The second-order valence-corrected chi connectivity index (χ2v) is 6.99. The van der Waals surface area contributed by atoms with Crippen molar-refractivity contribution in [2.24, 2.45) is 0 Å². The van der Waals surface area contributed by atoms with Gasteiger partial charge in [0.1, 0.15) is 11.5 Å². The molecule has 25 heavy (non-hydrogen) atoms. The minimum absolute atomic E-state index is 0.246. The topological polar surface area (TPSA) is 40.5 Å². The fourth-order valence-electron chi connectivity index (χ4n) is 3.96. The number of benzene rings is 4. The van der Waals surface area contributed by atoms with E-state index in [4.69, 9.17) is 0 Å². The molecule has 0 saturated carbocycles. The van der Waals surface area contributed by atoms with E-state index in [9.17, 15) is 10.2 Å². The van der Waals surface area contributed by atoms with Crippen LogP contribution in [0.1, 0.15) is 25.0 Å². The molecule has 2 N–H and O–H groups in total. The number of fused-ring (bicyclic) bond motifs is 2. The predicted octanol–water partition coefficient (Wildman–Crippen LogP) is 5.73. The lowest BCUT2D eigenvalue weighted by atomic mass is 9.73. The van der Waals surface area contributed by atoms with Crippen molar-refractivity contribution in [3.8, 4) is 11.5 Å². The molecule has 0 radical (unpaired) electrons. The average Bonchev–Trinajstić information content (AvgIpc) is 2.61. The van der Waals surface area contributed by atoms with Gasteiger partial charge in [0, 0.05) is 16.5 Å². The fourth-order valence-corrected chi connectivity index (χ4v) is 3.96. The van der Waals surface area contributed by atoms with Crippen LogP contribution in [0.25, 0.3) is 21.5 Å². The van der Waals surface area contributed by atoms with Gasteiger partial charge in [-0.3, -0.25) is 0 Å². The molecule has 0 unspecified atom stereocenters. The van der Waals surface area contributed by atoms with Crippen LogP contribution >= 0.6 is 0 Å². The summed E-state index contributed by atoms with van der Waals surface area (Å²) in [6.07, 6.45) is 0. The van der Waals surface area contributed by atoms with Crippen molar-refractivity contribution < 1.29 is 10.2 Å². The SMILES string of the molecule is CC(C)(c1c(O)ccc2ccccc12)c1c(O)ccc2ccccc12. The molecule has 0 spiro atoms.